The highest BCUT2D eigenvalue weighted by Crippen LogP contribution is 2.51. The molecule has 8 aromatic rings. The van der Waals surface area contributed by atoms with E-state index < -0.39 is 0 Å². The van der Waals surface area contributed by atoms with Gasteiger partial charge in [0.25, 0.3) is 0 Å². The van der Waals surface area contributed by atoms with E-state index in [4.69, 9.17) is 0 Å². The van der Waals surface area contributed by atoms with Crippen molar-refractivity contribution in [3.05, 3.63) is 167 Å². The number of fused-ring (bicyclic) bond motifs is 10. The smallest absolute Gasteiger partial charge is 0.105 e. The first-order chi connectivity index (χ1) is 24.0. The summed E-state index contributed by atoms with van der Waals surface area (Å²) in [6.07, 6.45) is 10.6. The summed E-state index contributed by atoms with van der Waals surface area (Å²) in [6, 6.07) is 45.4. The Morgan fingerprint density at radius 3 is 2.45 bits per heavy atom. The second kappa shape index (κ2) is 11.5. The summed E-state index contributed by atoms with van der Waals surface area (Å²) < 4.78 is 5.12. The van der Waals surface area contributed by atoms with E-state index in [1.807, 2.05) is 18.3 Å². The van der Waals surface area contributed by atoms with Gasteiger partial charge in [-0.05, 0) is 108 Å². The Hall–Kier alpha value is -5.62. The van der Waals surface area contributed by atoms with E-state index in [0.717, 1.165) is 16.8 Å². The van der Waals surface area contributed by atoms with Crippen LogP contribution in [0.3, 0.4) is 0 Å². The normalized spacial score (nSPS) is 14.5. The van der Waals surface area contributed by atoms with Crippen LogP contribution in [0.5, 0.6) is 0 Å². The molecule has 2 heterocycles. The number of rotatable bonds is 5. The van der Waals surface area contributed by atoms with E-state index in [2.05, 4.69) is 171 Å². The molecule has 0 saturated carbocycles. The maximum Gasteiger partial charge on any atom is 0.105 e. The summed E-state index contributed by atoms with van der Waals surface area (Å²) in [5.74, 6) is 0.349. The average molecular weight is 646 g/mol. The van der Waals surface area contributed by atoms with Crippen LogP contribution >= 0.6 is 11.3 Å². The van der Waals surface area contributed by atoms with Crippen molar-refractivity contribution >= 4 is 59.4 Å². The van der Waals surface area contributed by atoms with Crippen LogP contribution in [0.1, 0.15) is 48.9 Å². The van der Waals surface area contributed by atoms with Crippen LogP contribution in [0, 0.1) is 19.1 Å². The first-order valence-electron chi connectivity index (χ1n) is 17.0. The maximum atomic E-state index is 3.48. The SMILES string of the molecule is C\C=C/C=C(C)\C=C\c1ccc2c(c1)c1cc(C)c#cc1n2-c1ccc(-c2ccc3c(c2)C(C)c2c-3ccc3c2sc2ccccc23)cc1. The second-order valence-corrected chi connectivity index (χ2v) is 14.3. The Morgan fingerprint density at radius 1 is 0.776 bits per heavy atom. The third-order valence-electron chi connectivity index (χ3n) is 10.1. The van der Waals surface area contributed by atoms with Crippen LogP contribution < -0.4 is 0 Å². The van der Waals surface area contributed by atoms with Crippen molar-refractivity contribution < 1.29 is 0 Å². The highest BCUT2D eigenvalue weighted by Gasteiger charge is 2.29. The van der Waals surface area contributed by atoms with Crippen LogP contribution in [0.25, 0.3) is 76.0 Å². The lowest BCUT2D eigenvalue weighted by molar-refractivity contribution is 0.969. The van der Waals surface area contributed by atoms with E-state index >= 15 is 0 Å². The molecule has 1 unspecified atom stereocenters. The molecule has 9 rings (SSSR count). The zero-order valence-corrected chi connectivity index (χ0v) is 29.0. The molecule has 2 heteroatoms. The van der Waals surface area contributed by atoms with Gasteiger partial charge in [0.2, 0.25) is 0 Å². The Kier molecular flexibility index (Phi) is 6.94. The van der Waals surface area contributed by atoms with E-state index in [-0.39, 0.29) is 0 Å². The minimum absolute atomic E-state index is 0.349. The quantitative estimate of drug-likeness (QED) is 0.164. The van der Waals surface area contributed by atoms with Crippen molar-refractivity contribution in [2.24, 2.45) is 0 Å². The molecule has 0 N–H and O–H groups in total. The van der Waals surface area contributed by atoms with E-state index in [1.54, 1.807) is 0 Å². The molecule has 49 heavy (non-hydrogen) atoms. The Labute approximate surface area is 291 Å². The predicted octanol–water partition coefficient (Wildman–Crippen LogP) is 13.4. The highest BCUT2D eigenvalue weighted by molar-refractivity contribution is 7.26. The summed E-state index contributed by atoms with van der Waals surface area (Å²) in [5, 5.41) is 5.17. The summed E-state index contributed by atoms with van der Waals surface area (Å²) in [4.78, 5) is 0. The zero-order valence-electron chi connectivity index (χ0n) is 28.1. The number of allylic oxidation sites excluding steroid dienone is 5. The lowest BCUT2D eigenvalue weighted by Gasteiger charge is -2.11. The van der Waals surface area contributed by atoms with Gasteiger partial charge in [0.05, 0.1) is 5.52 Å². The standard InChI is InChI=1S/C47H35NS/c1-5-6-9-29(2)12-14-32-15-25-44-42(27-32)41-26-30(3)13-24-43(41)48(44)35-19-16-33(17-20-35)34-18-21-36-38-22-23-39-37-10-7-8-11-45(37)49-47(39)46(38)31(4)40(36)28-34/h5-12,14-23,25-28,31H,1-4H3/b6-5-,14-12+,29-9-. The summed E-state index contributed by atoms with van der Waals surface area (Å²) >= 11 is 1.94. The molecule has 0 bridgehead atoms. The average Bonchev–Trinajstić information content (AvgIpc) is 3.76. The molecular weight excluding hydrogens is 611 g/mol. The minimum Gasteiger partial charge on any atom is -0.302 e. The fourth-order valence-corrected chi connectivity index (χ4v) is 9.03. The molecule has 0 fully saturated rings. The van der Waals surface area contributed by atoms with E-state index in [0.29, 0.717) is 5.92 Å². The van der Waals surface area contributed by atoms with Crippen molar-refractivity contribution in [2.75, 3.05) is 0 Å². The Balaban J connectivity index is 1.08. The van der Waals surface area contributed by atoms with Gasteiger partial charge in [-0.2, -0.15) is 0 Å². The molecule has 1 aliphatic rings. The molecule has 0 aliphatic heterocycles. The van der Waals surface area contributed by atoms with Crippen LogP contribution in [-0.2, 0) is 0 Å². The lowest BCUT2D eigenvalue weighted by atomic mass is 9.95. The molecule has 0 saturated heterocycles. The third-order valence-corrected chi connectivity index (χ3v) is 11.4. The molecule has 1 nitrogen and oxygen atoms in total. The fourth-order valence-electron chi connectivity index (χ4n) is 7.69. The molecule has 1 atom stereocenters. The van der Waals surface area contributed by atoms with Gasteiger partial charge in [-0.25, -0.2) is 0 Å². The van der Waals surface area contributed by atoms with Gasteiger partial charge in [-0.1, -0.05) is 110 Å². The molecular formula is C47H35NS. The van der Waals surface area contributed by atoms with Gasteiger partial charge in [0, 0.05) is 48.1 Å². The molecule has 0 amide bonds. The van der Waals surface area contributed by atoms with Gasteiger partial charge in [0.1, 0.15) is 5.52 Å². The largest absolute Gasteiger partial charge is 0.302 e. The van der Waals surface area contributed by atoms with Crippen molar-refractivity contribution in [3.8, 4) is 27.9 Å². The third kappa shape index (κ3) is 4.77. The van der Waals surface area contributed by atoms with Crippen molar-refractivity contribution in [1.29, 1.82) is 0 Å². The lowest BCUT2D eigenvalue weighted by Crippen LogP contribution is -1.94. The van der Waals surface area contributed by atoms with E-state index in [1.165, 1.54) is 81.0 Å². The number of aromatic nitrogens is 1. The van der Waals surface area contributed by atoms with Gasteiger partial charge < -0.3 is 4.57 Å². The summed E-state index contributed by atoms with van der Waals surface area (Å²) in [7, 11) is 0. The van der Waals surface area contributed by atoms with Crippen molar-refractivity contribution in [3.63, 3.8) is 0 Å². The summed E-state index contributed by atoms with van der Waals surface area (Å²) in [6.45, 7) is 8.64. The molecule has 6 aromatic carbocycles. The highest BCUT2D eigenvalue weighted by atomic mass is 32.1. The number of benzene rings is 5. The zero-order chi connectivity index (χ0) is 33.2. The molecule has 234 valence electrons. The van der Waals surface area contributed by atoms with Gasteiger partial charge in [-0.3, -0.25) is 0 Å². The topological polar surface area (TPSA) is 4.93 Å². The van der Waals surface area contributed by atoms with Crippen LogP contribution in [0.2, 0.25) is 0 Å². The molecule has 1 aliphatic carbocycles. The second-order valence-electron chi connectivity index (χ2n) is 13.3. The van der Waals surface area contributed by atoms with Gasteiger partial charge in [-0.15, -0.1) is 11.3 Å². The maximum absolute atomic E-state index is 3.48. The van der Waals surface area contributed by atoms with Gasteiger partial charge in [0.15, 0.2) is 0 Å². The van der Waals surface area contributed by atoms with Crippen LogP contribution in [-0.4, -0.2) is 4.57 Å². The van der Waals surface area contributed by atoms with Crippen LogP contribution in [0.15, 0.2) is 133 Å². The number of thiophene rings is 1. The first kappa shape index (κ1) is 29.5. The Morgan fingerprint density at radius 2 is 1.59 bits per heavy atom. The molecule has 0 radical (unpaired) electrons. The number of hydrogen-bond donors (Lipinski definition) is 0. The van der Waals surface area contributed by atoms with E-state index in [9.17, 15) is 0 Å². The number of hydrogen-bond acceptors (Lipinski definition) is 1. The molecule has 0 spiro atoms. The van der Waals surface area contributed by atoms with Crippen molar-refractivity contribution in [2.45, 2.75) is 33.6 Å². The monoisotopic (exact) mass is 645 g/mol. The fraction of sp³-hybridized carbons (Fsp3) is 0.106. The predicted molar refractivity (Wildman–Crippen MR) is 212 cm³/mol. The van der Waals surface area contributed by atoms with Crippen LogP contribution in [0.4, 0.5) is 0 Å². The van der Waals surface area contributed by atoms with Crippen molar-refractivity contribution in [1.82, 2.24) is 4.57 Å². The first-order valence-corrected chi connectivity index (χ1v) is 17.9. The number of aryl methyl sites for hydroxylation is 1. The number of nitrogens with zero attached hydrogens (tertiary/aromatic N) is 1. The van der Waals surface area contributed by atoms with Gasteiger partial charge >= 0.3 is 0 Å². The molecule has 2 aromatic heterocycles. The Bertz CT molecular complexity index is 2690. The minimum atomic E-state index is 0.349. The summed E-state index contributed by atoms with van der Waals surface area (Å²) in [5.41, 5.74) is 15.0.